The second-order valence-corrected chi connectivity index (χ2v) is 3.60. The Bertz CT molecular complexity index is 431. The van der Waals surface area contributed by atoms with Gasteiger partial charge in [-0.3, -0.25) is 0 Å². The van der Waals surface area contributed by atoms with Crippen LogP contribution in [0.2, 0.25) is 0 Å². The maximum atomic E-state index is 9.01. The summed E-state index contributed by atoms with van der Waals surface area (Å²) < 4.78 is 2.13. The van der Waals surface area contributed by atoms with E-state index in [0.29, 0.717) is 6.54 Å². The molecule has 0 aliphatic carbocycles. The minimum absolute atomic E-state index is 0.176. The van der Waals surface area contributed by atoms with E-state index in [1.54, 1.807) is 0 Å². The fourth-order valence-corrected chi connectivity index (χ4v) is 1.83. The van der Waals surface area contributed by atoms with Crippen LogP contribution in [0.1, 0.15) is 5.69 Å². The first kappa shape index (κ1) is 9.99. The summed E-state index contributed by atoms with van der Waals surface area (Å²) in [5.74, 6) is 0. The van der Waals surface area contributed by atoms with Crippen LogP contribution in [-0.2, 0) is 6.54 Å². The fraction of sp³-hybridized carbons (Fsp3) is 0.231. The second kappa shape index (κ2) is 4.32. The van der Waals surface area contributed by atoms with E-state index in [0.717, 1.165) is 0 Å². The molecule has 0 saturated heterocycles. The molecule has 0 fully saturated rings. The van der Waals surface area contributed by atoms with Crippen LogP contribution in [0.25, 0.3) is 11.3 Å². The number of nitrogens with zero attached hydrogens (tertiary/aromatic N) is 1. The third-order valence-corrected chi connectivity index (χ3v) is 2.59. The van der Waals surface area contributed by atoms with Crippen molar-refractivity contribution in [3.63, 3.8) is 0 Å². The van der Waals surface area contributed by atoms with E-state index in [2.05, 4.69) is 35.8 Å². The summed E-state index contributed by atoms with van der Waals surface area (Å²) in [5.41, 5.74) is 3.55. The molecule has 0 aliphatic heterocycles. The van der Waals surface area contributed by atoms with Crippen LogP contribution in [0.3, 0.4) is 0 Å². The summed E-state index contributed by atoms with van der Waals surface area (Å²) in [6.07, 6.45) is 0. The van der Waals surface area contributed by atoms with Gasteiger partial charge in [-0.25, -0.2) is 0 Å². The summed E-state index contributed by atoms with van der Waals surface area (Å²) in [4.78, 5) is 0. The van der Waals surface area contributed by atoms with Crippen LogP contribution < -0.4 is 0 Å². The first-order valence-corrected chi connectivity index (χ1v) is 5.15. The van der Waals surface area contributed by atoms with Crippen LogP contribution in [0, 0.1) is 6.92 Å². The topological polar surface area (TPSA) is 25.2 Å². The molecule has 0 atom stereocenters. The van der Waals surface area contributed by atoms with Crippen molar-refractivity contribution in [1.82, 2.24) is 4.57 Å². The average molecular weight is 201 g/mol. The zero-order chi connectivity index (χ0) is 10.7. The van der Waals surface area contributed by atoms with Crippen molar-refractivity contribution in [1.29, 1.82) is 0 Å². The fourth-order valence-electron chi connectivity index (χ4n) is 1.83. The zero-order valence-corrected chi connectivity index (χ0v) is 8.85. The Morgan fingerprint density at radius 2 is 1.80 bits per heavy atom. The number of hydrogen-bond acceptors (Lipinski definition) is 1. The maximum absolute atomic E-state index is 9.01. The number of hydrogen-bond donors (Lipinski definition) is 1. The number of aryl methyl sites for hydroxylation is 1. The van der Waals surface area contributed by atoms with Gasteiger partial charge in [-0.2, -0.15) is 0 Å². The van der Waals surface area contributed by atoms with E-state index < -0.39 is 0 Å². The molecule has 1 aromatic carbocycles. The molecule has 2 rings (SSSR count). The number of rotatable bonds is 3. The Hall–Kier alpha value is -1.54. The Labute approximate surface area is 89.8 Å². The van der Waals surface area contributed by atoms with Gasteiger partial charge >= 0.3 is 0 Å². The zero-order valence-electron chi connectivity index (χ0n) is 8.85. The summed E-state index contributed by atoms with van der Waals surface area (Å²) in [7, 11) is 0. The van der Waals surface area contributed by atoms with Crippen molar-refractivity contribution in [2.24, 2.45) is 0 Å². The first-order valence-electron chi connectivity index (χ1n) is 5.15. The van der Waals surface area contributed by atoms with Gasteiger partial charge in [0.25, 0.3) is 0 Å². The quantitative estimate of drug-likeness (QED) is 0.810. The molecule has 0 bridgehead atoms. The SMILES string of the molecule is Cc1ccc(-c2ccccc2)n1CCO. The third kappa shape index (κ3) is 1.95. The lowest BCUT2D eigenvalue weighted by molar-refractivity contribution is 0.276. The van der Waals surface area contributed by atoms with Crippen molar-refractivity contribution in [2.75, 3.05) is 6.61 Å². The van der Waals surface area contributed by atoms with Gasteiger partial charge in [0.2, 0.25) is 0 Å². The largest absolute Gasteiger partial charge is 0.395 e. The van der Waals surface area contributed by atoms with E-state index in [1.165, 1.54) is 17.0 Å². The predicted molar refractivity (Wildman–Crippen MR) is 61.7 cm³/mol. The van der Waals surface area contributed by atoms with Crippen LogP contribution in [-0.4, -0.2) is 16.3 Å². The van der Waals surface area contributed by atoms with Gasteiger partial charge in [-0.05, 0) is 24.6 Å². The molecule has 0 unspecified atom stereocenters. The molecule has 0 spiro atoms. The van der Waals surface area contributed by atoms with Gasteiger partial charge < -0.3 is 9.67 Å². The molecular weight excluding hydrogens is 186 g/mol. The normalized spacial score (nSPS) is 10.5. The Kier molecular flexibility index (Phi) is 2.88. The summed E-state index contributed by atoms with van der Waals surface area (Å²) in [5, 5.41) is 9.01. The highest BCUT2D eigenvalue weighted by atomic mass is 16.3. The van der Waals surface area contributed by atoms with Crippen molar-refractivity contribution in [3.05, 3.63) is 48.2 Å². The molecule has 0 saturated carbocycles. The van der Waals surface area contributed by atoms with Gasteiger partial charge in [0.15, 0.2) is 0 Å². The Morgan fingerprint density at radius 3 is 2.47 bits per heavy atom. The molecule has 78 valence electrons. The van der Waals surface area contributed by atoms with E-state index in [9.17, 15) is 0 Å². The van der Waals surface area contributed by atoms with Gasteiger partial charge in [0.1, 0.15) is 0 Å². The van der Waals surface area contributed by atoms with Gasteiger partial charge in [0, 0.05) is 17.9 Å². The molecule has 1 aromatic heterocycles. The van der Waals surface area contributed by atoms with Crippen molar-refractivity contribution in [2.45, 2.75) is 13.5 Å². The van der Waals surface area contributed by atoms with Crippen molar-refractivity contribution >= 4 is 0 Å². The molecule has 0 amide bonds. The van der Waals surface area contributed by atoms with Gasteiger partial charge in [-0.15, -0.1) is 0 Å². The average Bonchev–Trinajstić information content (AvgIpc) is 2.63. The highest BCUT2D eigenvalue weighted by molar-refractivity contribution is 5.60. The van der Waals surface area contributed by atoms with E-state index >= 15 is 0 Å². The summed E-state index contributed by atoms with van der Waals surface area (Å²) in [6, 6.07) is 14.4. The standard InChI is InChI=1S/C13H15NO/c1-11-7-8-13(14(11)9-10-15)12-5-3-2-4-6-12/h2-8,15H,9-10H2,1H3. The van der Waals surface area contributed by atoms with Crippen molar-refractivity contribution in [3.8, 4) is 11.3 Å². The minimum atomic E-state index is 0.176. The van der Waals surface area contributed by atoms with Gasteiger partial charge in [-0.1, -0.05) is 30.3 Å². The number of aliphatic hydroxyl groups is 1. The molecule has 0 radical (unpaired) electrons. The molecule has 2 nitrogen and oxygen atoms in total. The van der Waals surface area contributed by atoms with Crippen LogP contribution in [0.5, 0.6) is 0 Å². The smallest absolute Gasteiger partial charge is 0.0610 e. The van der Waals surface area contributed by atoms with E-state index in [1.807, 2.05) is 18.2 Å². The lowest BCUT2D eigenvalue weighted by Crippen LogP contribution is -2.05. The first-order chi connectivity index (χ1) is 7.33. The third-order valence-electron chi connectivity index (χ3n) is 2.59. The maximum Gasteiger partial charge on any atom is 0.0610 e. The molecule has 1 N–H and O–H groups in total. The van der Waals surface area contributed by atoms with E-state index in [4.69, 9.17) is 5.11 Å². The molecule has 1 heterocycles. The lowest BCUT2D eigenvalue weighted by atomic mass is 10.1. The number of aliphatic hydroxyl groups excluding tert-OH is 1. The van der Waals surface area contributed by atoms with Gasteiger partial charge in [0.05, 0.1) is 6.61 Å². The molecule has 2 aromatic rings. The summed E-state index contributed by atoms with van der Waals surface area (Å²) >= 11 is 0. The Morgan fingerprint density at radius 1 is 1.07 bits per heavy atom. The summed E-state index contributed by atoms with van der Waals surface area (Å²) in [6.45, 7) is 2.89. The van der Waals surface area contributed by atoms with Crippen LogP contribution in [0.15, 0.2) is 42.5 Å². The van der Waals surface area contributed by atoms with Crippen molar-refractivity contribution < 1.29 is 5.11 Å². The minimum Gasteiger partial charge on any atom is -0.395 e. The highest BCUT2D eigenvalue weighted by Crippen LogP contribution is 2.21. The molecule has 15 heavy (non-hydrogen) atoms. The lowest BCUT2D eigenvalue weighted by Gasteiger charge is -2.09. The van der Waals surface area contributed by atoms with Crippen LogP contribution >= 0.6 is 0 Å². The highest BCUT2D eigenvalue weighted by Gasteiger charge is 2.05. The Balaban J connectivity index is 2.44. The predicted octanol–water partition coefficient (Wildman–Crippen LogP) is 2.46. The van der Waals surface area contributed by atoms with E-state index in [-0.39, 0.29) is 6.61 Å². The molecule has 2 heteroatoms. The number of aromatic nitrogens is 1. The van der Waals surface area contributed by atoms with Crippen LogP contribution in [0.4, 0.5) is 0 Å². The molecular formula is C13H15NO. The second-order valence-electron chi connectivity index (χ2n) is 3.60. The molecule has 0 aliphatic rings. The monoisotopic (exact) mass is 201 g/mol. The number of benzene rings is 1.